The molecule has 2 fully saturated rings. The second kappa shape index (κ2) is 4.67. The van der Waals surface area contributed by atoms with Crippen molar-refractivity contribution < 1.29 is 0 Å². The summed E-state index contributed by atoms with van der Waals surface area (Å²) in [5, 5.41) is 0. The first kappa shape index (κ1) is 9.81. The van der Waals surface area contributed by atoms with E-state index in [0.29, 0.717) is 6.04 Å². The van der Waals surface area contributed by atoms with Crippen LogP contribution in [0.1, 0.15) is 19.3 Å². The van der Waals surface area contributed by atoms with Gasteiger partial charge in [0.15, 0.2) is 0 Å². The molecule has 2 heterocycles. The van der Waals surface area contributed by atoms with Gasteiger partial charge in [0.05, 0.1) is 0 Å². The summed E-state index contributed by atoms with van der Waals surface area (Å²) < 4.78 is 0. The first-order chi connectivity index (χ1) is 6.42. The standard InChI is InChI=1S/C10H20N2S/c11-7-10(12-4-2-5-12)9-3-1-6-13-8-9/h9-10H,1-8,11H2. The highest BCUT2D eigenvalue weighted by atomic mass is 32.2. The van der Waals surface area contributed by atoms with E-state index in [2.05, 4.69) is 16.7 Å². The van der Waals surface area contributed by atoms with Gasteiger partial charge in [-0.25, -0.2) is 0 Å². The first-order valence-electron chi connectivity index (χ1n) is 5.43. The SMILES string of the molecule is NCC(C1CCCSC1)N1CCC1. The van der Waals surface area contributed by atoms with E-state index in [1.807, 2.05) is 0 Å². The van der Waals surface area contributed by atoms with Crippen molar-refractivity contribution in [2.45, 2.75) is 25.3 Å². The fourth-order valence-corrected chi connectivity index (χ4v) is 3.61. The summed E-state index contributed by atoms with van der Waals surface area (Å²) in [6.07, 6.45) is 4.20. The van der Waals surface area contributed by atoms with Crippen LogP contribution >= 0.6 is 11.8 Å². The van der Waals surface area contributed by atoms with Crippen LogP contribution < -0.4 is 5.73 Å². The Kier molecular flexibility index (Phi) is 3.52. The van der Waals surface area contributed by atoms with Gasteiger partial charge in [-0.3, -0.25) is 4.90 Å². The highest BCUT2D eigenvalue weighted by Crippen LogP contribution is 2.29. The summed E-state index contributed by atoms with van der Waals surface area (Å²) in [6.45, 7) is 3.46. The van der Waals surface area contributed by atoms with Crippen LogP contribution in [0, 0.1) is 5.92 Å². The largest absolute Gasteiger partial charge is 0.329 e. The number of likely N-dealkylation sites (tertiary alicyclic amines) is 1. The Labute approximate surface area is 85.2 Å². The average molecular weight is 200 g/mol. The smallest absolute Gasteiger partial charge is 0.0254 e. The van der Waals surface area contributed by atoms with Crippen LogP contribution in [0.2, 0.25) is 0 Å². The van der Waals surface area contributed by atoms with Gasteiger partial charge in [0, 0.05) is 12.6 Å². The minimum absolute atomic E-state index is 0.696. The normalized spacial score (nSPS) is 32.5. The molecule has 0 saturated carbocycles. The number of rotatable bonds is 3. The number of hydrogen-bond donors (Lipinski definition) is 1. The highest BCUT2D eigenvalue weighted by Gasteiger charge is 2.30. The van der Waals surface area contributed by atoms with Crippen LogP contribution in [-0.2, 0) is 0 Å². The zero-order valence-electron chi connectivity index (χ0n) is 8.24. The van der Waals surface area contributed by atoms with Crippen molar-refractivity contribution in [3.63, 3.8) is 0 Å². The van der Waals surface area contributed by atoms with Gasteiger partial charge < -0.3 is 5.73 Å². The molecule has 0 spiro atoms. The van der Waals surface area contributed by atoms with E-state index in [1.54, 1.807) is 0 Å². The lowest BCUT2D eigenvalue weighted by molar-refractivity contribution is 0.0849. The molecule has 0 aromatic rings. The minimum atomic E-state index is 0.696. The van der Waals surface area contributed by atoms with Gasteiger partial charge in [0.2, 0.25) is 0 Å². The van der Waals surface area contributed by atoms with Crippen LogP contribution in [0.15, 0.2) is 0 Å². The zero-order valence-corrected chi connectivity index (χ0v) is 9.06. The molecule has 76 valence electrons. The van der Waals surface area contributed by atoms with Gasteiger partial charge in [0.1, 0.15) is 0 Å². The van der Waals surface area contributed by atoms with Gasteiger partial charge in [0.25, 0.3) is 0 Å². The Morgan fingerprint density at radius 3 is 2.69 bits per heavy atom. The number of nitrogens with zero attached hydrogens (tertiary/aromatic N) is 1. The van der Waals surface area contributed by atoms with Crippen molar-refractivity contribution in [3.05, 3.63) is 0 Å². The van der Waals surface area contributed by atoms with Gasteiger partial charge in [-0.05, 0) is 49.8 Å². The number of hydrogen-bond acceptors (Lipinski definition) is 3. The molecule has 0 amide bonds. The molecule has 3 heteroatoms. The summed E-state index contributed by atoms with van der Waals surface area (Å²) in [5.41, 5.74) is 5.86. The second-order valence-corrected chi connectivity index (χ2v) is 5.32. The van der Waals surface area contributed by atoms with Crippen molar-refractivity contribution in [2.24, 2.45) is 11.7 Å². The molecule has 2 unspecified atom stereocenters. The molecule has 2 N–H and O–H groups in total. The zero-order chi connectivity index (χ0) is 9.10. The van der Waals surface area contributed by atoms with E-state index < -0.39 is 0 Å². The third-order valence-electron chi connectivity index (χ3n) is 3.34. The summed E-state index contributed by atoms with van der Waals surface area (Å²) in [6, 6.07) is 0.696. The highest BCUT2D eigenvalue weighted by molar-refractivity contribution is 7.99. The third kappa shape index (κ3) is 2.20. The van der Waals surface area contributed by atoms with Crippen molar-refractivity contribution in [1.82, 2.24) is 4.90 Å². The van der Waals surface area contributed by atoms with Gasteiger partial charge in [-0.15, -0.1) is 0 Å². The molecule has 13 heavy (non-hydrogen) atoms. The number of thioether (sulfide) groups is 1. The molecule has 2 saturated heterocycles. The van der Waals surface area contributed by atoms with E-state index in [9.17, 15) is 0 Å². The maximum atomic E-state index is 5.86. The van der Waals surface area contributed by atoms with E-state index in [1.165, 1.54) is 43.9 Å². The van der Waals surface area contributed by atoms with Crippen molar-refractivity contribution >= 4 is 11.8 Å². The monoisotopic (exact) mass is 200 g/mol. The lowest BCUT2D eigenvalue weighted by Gasteiger charge is -2.43. The van der Waals surface area contributed by atoms with Crippen LogP contribution in [-0.4, -0.2) is 42.1 Å². The van der Waals surface area contributed by atoms with Crippen LogP contribution in [0.4, 0.5) is 0 Å². The van der Waals surface area contributed by atoms with E-state index in [-0.39, 0.29) is 0 Å². The minimum Gasteiger partial charge on any atom is -0.329 e. The maximum absolute atomic E-state index is 5.86. The van der Waals surface area contributed by atoms with Crippen molar-refractivity contribution in [1.29, 1.82) is 0 Å². The van der Waals surface area contributed by atoms with Crippen LogP contribution in [0.5, 0.6) is 0 Å². The van der Waals surface area contributed by atoms with Gasteiger partial charge in [-0.1, -0.05) is 0 Å². The molecule has 2 rings (SSSR count). The molecule has 2 aliphatic rings. The summed E-state index contributed by atoms with van der Waals surface area (Å²) in [4.78, 5) is 2.58. The predicted octanol–water partition coefficient (Wildman–Crippen LogP) is 1.16. The van der Waals surface area contributed by atoms with E-state index in [0.717, 1.165) is 12.5 Å². The van der Waals surface area contributed by atoms with Crippen LogP contribution in [0.3, 0.4) is 0 Å². The molecule has 2 aliphatic heterocycles. The lowest BCUT2D eigenvalue weighted by Crippen LogP contribution is -2.53. The molecular formula is C10H20N2S. The summed E-state index contributed by atoms with van der Waals surface area (Å²) in [7, 11) is 0. The summed E-state index contributed by atoms with van der Waals surface area (Å²) in [5.74, 6) is 3.59. The Balaban J connectivity index is 1.86. The quantitative estimate of drug-likeness (QED) is 0.741. The Morgan fingerprint density at radius 2 is 2.23 bits per heavy atom. The topological polar surface area (TPSA) is 29.3 Å². The Hall–Kier alpha value is 0.270. The predicted molar refractivity (Wildman–Crippen MR) is 59.1 cm³/mol. The van der Waals surface area contributed by atoms with Gasteiger partial charge >= 0.3 is 0 Å². The van der Waals surface area contributed by atoms with Crippen molar-refractivity contribution in [2.75, 3.05) is 31.1 Å². The molecule has 0 aromatic carbocycles. The second-order valence-electron chi connectivity index (χ2n) is 4.17. The molecule has 0 aromatic heterocycles. The van der Waals surface area contributed by atoms with Crippen LogP contribution in [0.25, 0.3) is 0 Å². The van der Waals surface area contributed by atoms with Crippen molar-refractivity contribution in [3.8, 4) is 0 Å². The third-order valence-corrected chi connectivity index (χ3v) is 4.58. The molecule has 0 aliphatic carbocycles. The fraction of sp³-hybridized carbons (Fsp3) is 1.00. The molecule has 0 radical (unpaired) electrons. The fourth-order valence-electron chi connectivity index (χ4n) is 2.38. The number of nitrogens with two attached hydrogens (primary N) is 1. The Bertz CT molecular complexity index is 153. The molecule has 0 bridgehead atoms. The average Bonchev–Trinajstić information content (AvgIpc) is 2.12. The first-order valence-corrected chi connectivity index (χ1v) is 6.59. The molecule has 2 atom stereocenters. The van der Waals surface area contributed by atoms with E-state index in [4.69, 9.17) is 5.73 Å². The maximum Gasteiger partial charge on any atom is 0.0254 e. The molecular weight excluding hydrogens is 180 g/mol. The lowest BCUT2D eigenvalue weighted by atomic mass is 9.93. The van der Waals surface area contributed by atoms with Gasteiger partial charge in [-0.2, -0.15) is 11.8 Å². The Morgan fingerprint density at radius 1 is 1.38 bits per heavy atom. The van der Waals surface area contributed by atoms with E-state index >= 15 is 0 Å². The molecule has 2 nitrogen and oxygen atoms in total. The summed E-state index contributed by atoms with van der Waals surface area (Å²) >= 11 is 2.12.